The van der Waals surface area contributed by atoms with Gasteiger partial charge in [-0.2, -0.15) is 0 Å². The first-order chi connectivity index (χ1) is 8.29. The van der Waals surface area contributed by atoms with E-state index in [1.54, 1.807) is 12.1 Å². The summed E-state index contributed by atoms with van der Waals surface area (Å²) in [4.78, 5) is 0. The molecule has 2 rings (SSSR count). The van der Waals surface area contributed by atoms with Crippen molar-refractivity contribution in [1.29, 1.82) is 0 Å². The highest BCUT2D eigenvalue weighted by Crippen LogP contribution is 2.23. The molecule has 1 heterocycles. The van der Waals surface area contributed by atoms with Crippen molar-refractivity contribution in [2.45, 2.75) is 12.5 Å². The van der Waals surface area contributed by atoms with E-state index in [1.807, 2.05) is 6.07 Å². The number of hydrogen-bond acceptors (Lipinski definition) is 2. The zero-order valence-electron chi connectivity index (χ0n) is 9.57. The minimum Gasteiger partial charge on any atom is -0.381 e. The van der Waals surface area contributed by atoms with Gasteiger partial charge in [0.05, 0.1) is 19.3 Å². The highest BCUT2D eigenvalue weighted by atomic mass is 127. The highest BCUT2D eigenvalue weighted by Gasteiger charge is 2.19. The molecule has 0 bridgehead atoms. The van der Waals surface area contributed by atoms with Gasteiger partial charge in [-0.15, -0.1) is 0 Å². The van der Waals surface area contributed by atoms with Gasteiger partial charge in [0.1, 0.15) is 5.82 Å². The summed E-state index contributed by atoms with van der Waals surface area (Å²) in [5.74, 6) is 0.291. The number of alkyl halides is 1. The summed E-state index contributed by atoms with van der Waals surface area (Å²) in [6.45, 7) is 2.32. The Kier molecular flexibility index (Phi) is 5.18. The molecule has 0 saturated carbocycles. The minimum atomic E-state index is -0.204. The van der Waals surface area contributed by atoms with Crippen molar-refractivity contribution in [3.05, 3.63) is 35.6 Å². The van der Waals surface area contributed by atoms with Gasteiger partial charge in [-0.25, -0.2) is 4.39 Å². The quantitative estimate of drug-likeness (QED) is 0.599. The van der Waals surface area contributed by atoms with Crippen LogP contribution in [0.3, 0.4) is 0 Å². The third kappa shape index (κ3) is 3.89. The van der Waals surface area contributed by atoms with Gasteiger partial charge in [0.15, 0.2) is 0 Å². The number of benzene rings is 1. The molecule has 0 aromatic heterocycles. The van der Waals surface area contributed by atoms with Gasteiger partial charge in [0, 0.05) is 17.0 Å². The molecule has 17 heavy (non-hydrogen) atoms. The van der Waals surface area contributed by atoms with Crippen molar-refractivity contribution >= 4 is 22.6 Å². The summed E-state index contributed by atoms with van der Waals surface area (Å²) in [6.07, 6.45) is 1.05. The monoisotopic (exact) mass is 350 g/mol. The third-order valence-corrected chi connectivity index (χ3v) is 3.72. The Labute approximate surface area is 115 Å². The summed E-state index contributed by atoms with van der Waals surface area (Å²) in [7, 11) is 0. The molecule has 2 unspecified atom stereocenters. The lowest BCUT2D eigenvalue weighted by molar-refractivity contribution is 0.0400. The average Bonchev–Trinajstić information content (AvgIpc) is 2.83. The van der Waals surface area contributed by atoms with E-state index in [0.717, 1.165) is 29.6 Å². The van der Waals surface area contributed by atoms with Crippen LogP contribution in [0.15, 0.2) is 24.3 Å². The molecule has 1 aromatic carbocycles. The molecule has 0 radical (unpaired) electrons. The average molecular weight is 350 g/mol. The summed E-state index contributed by atoms with van der Waals surface area (Å²) in [5, 5.41) is 0. The maximum Gasteiger partial charge on any atom is 0.123 e. The number of halogens is 2. The summed E-state index contributed by atoms with van der Waals surface area (Å²) in [5.41, 5.74) is 0.915. The predicted octanol–water partition coefficient (Wildman–Crippen LogP) is 3.35. The van der Waals surface area contributed by atoms with Gasteiger partial charge in [-0.05, 0) is 24.1 Å². The van der Waals surface area contributed by atoms with Crippen molar-refractivity contribution in [3.8, 4) is 0 Å². The molecule has 1 fully saturated rings. The second kappa shape index (κ2) is 6.66. The zero-order chi connectivity index (χ0) is 12.1. The molecule has 4 heteroatoms. The molecule has 1 aromatic rings. The molecular formula is C13H16FIO2. The van der Waals surface area contributed by atoms with Crippen LogP contribution in [-0.2, 0) is 9.47 Å². The van der Waals surface area contributed by atoms with Crippen LogP contribution in [0.2, 0.25) is 0 Å². The van der Waals surface area contributed by atoms with E-state index in [4.69, 9.17) is 9.47 Å². The van der Waals surface area contributed by atoms with E-state index in [-0.39, 0.29) is 11.9 Å². The van der Waals surface area contributed by atoms with Gasteiger partial charge < -0.3 is 9.47 Å². The van der Waals surface area contributed by atoms with Crippen LogP contribution in [0, 0.1) is 11.7 Å². The van der Waals surface area contributed by atoms with E-state index in [2.05, 4.69) is 22.6 Å². The lowest BCUT2D eigenvalue weighted by Gasteiger charge is -2.18. The van der Waals surface area contributed by atoms with Crippen molar-refractivity contribution in [2.75, 3.05) is 24.2 Å². The summed E-state index contributed by atoms with van der Waals surface area (Å²) in [6, 6.07) is 6.65. The predicted molar refractivity (Wildman–Crippen MR) is 72.9 cm³/mol. The Morgan fingerprint density at radius 2 is 2.41 bits per heavy atom. The van der Waals surface area contributed by atoms with Crippen LogP contribution in [0.25, 0.3) is 0 Å². The first-order valence-electron chi connectivity index (χ1n) is 5.80. The molecule has 1 aliphatic rings. The molecule has 0 spiro atoms. The van der Waals surface area contributed by atoms with E-state index < -0.39 is 0 Å². The first kappa shape index (κ1) is 13.2. The van der Waals surface area contributed by atoms with Crippen molar-refractivity contribution in [3.63, 3.8) is 0 Å². The van der Waals surface area contributed by atoms with Crippen molar-refractivity contribution in [1.82, 2.24) is 0 Å². The molecule has 0 amide bonds. The van der Waals surface area contributed by atoms with Crippen LogP contribution in [0.1, 0.15) is 18.1 Å². The molecule has 2 atom stereocenters. The highest BCUT2D eigenvalue weighted by molar-refractivity contribution is 14.1. The maximum absolute atomic E-state index is 13.1. The molecule has 1 saturated heterocycles. The SMILES string of the molecule is Fc1cccc(C(CI)OCC2CCOC2)c1. The maximum atomic E-state index is 13.1. The summed E-state index contributed by atoms with van der Waals surface area (Å²) < 4.78 is 25.1. The second-order valence-electron chi connectivity index (χ2n) is 4.26. The molecule has 94 valence electrons. The Hall–Kier alpha value is -0.200. The Morgan fingerprint density at radius 1 is 1.53 bits per heavy atom. The van der Waals surface area contributed by atoms with Gasteiger partial charge in [0.25, 0.3) is 0 Å². The first-order valence-corrected chi connectivity index (χ1v) is 7.33. The van der Waals surface area contributed by atoms with Gasteiger partial charge in [-0.3, -0.25) is 0 Å². The largest absolute Gasteiger partial charge is 0.381 e. The fourth-order valence-corrected chi connectivity index (χ4v) is 2.67. The van der Waals surface area contributed by atoms with E-state index in [1.165, 1.54) is 6.07 Å². The van der Waals surface area contributed by atoms with Crippen LogP contribution in [0.4, 0.5) is 4.39 Å². The van der Waals surface area contributed by atoms with Crippen LogP contribution in [-0.4, -0.2) is 24.2 Å². The van der Waals surface area contributed by atoms with Crippen LogP contribution >= 0.6 is 22.6 Å². The molecule has 1 aliphatic heterocycles. The smallest absolute Gasteiger partial charge is 0.123 e. The number of rotatable bonds is 5. The summed E-state index contributed by atoms with van der Waals surface area (Å²) >= 11 is 2.27. The van der Waals surface area contributed by atoms with Gasteiger partial charge in [-0.1, -0.05) is 34.7 Å². The molecule has 2 nitrogen and oxygen atoms in total. The Morgan fingerprint density at radius 3 is 3.06 bits per heavy atom. The van der Waals surface area contributed by atoms with Crippen molar-refractivity contribution < 1.29 is 13.9 Å². The van der Waals surface area contributed by atoms with E-state index in [0.29, 0.717) is 12.5 Å². The van der Waals surface area contributed by atoms with Gasteiger partial charge >= 0.3 is 0 Å². The molecule has 0 aliphatic carbocycles. The Bertz CT molecular complexity index is 353. The fourth-order valence-electron chi connectivity index (χ4n) is 1.90. The van der Waals surface area contributed by atoms with E-state index in [9.17, 15) is 4.39 Å². The van der Waals surface area contributed by atoms with Crippen LogP contribution in [0.5, 0.6) is 0 Å². The Balaban J connectivity index is 1.91. The number of hydrogen-bond donors (Lipinski definition) is 0. The van der Waals surface area contributed by atoms with Crippen LogP contribution < -0.4 is 0 Å². The normalized spacial score (nSPS) is 21.6. The zero-order valence-corrected chi connectivity index (χ0v) is 11.7. The molecular weight excluding hydrogens is 334 g/mol. The van der Waals surface area contributed by atoms with Gasteiger partial charge in [0.2, 0.25) is 0 Å². The van der Waals surface area contributed by atoms with E-state index >= 15 is 0 Å². The lowest BCUT2D eigenvalue weighted by Crippen LogP contribution is -2.14. The lowest BCUT2D eigenvalue weighted by atomic mass is 10.1. The van der Waals surface area contributed by atoms with Crippen molar-refractivity contribution in [2.24, 2.45) is 5.92 Å². The topological polar surface area (TPSA) is 18.5 Å². The minimum absolute atomic E-state index is 0.0214. The molecule has 0 N–H and O–H groups in total. The second-order valence-corrected chi connectivity index (χ2v) is 5.14. The number of ether oxygens (including phenoxy) is 2. The fraction of sp³-hybridized carbons (Fsp3) is 0.538. The standard InChI is InChI=1S/C13H16FIO2/c14-12-3-1-2-11(6-12)13(7-15)17-9-10-4-5-16-8-10/h1-3,6,10,13H,4-5,7-9H2. The third-order valence-electron chi connectivity index (χ3n) is 2.92.